The number of carboxylic acid groups (broad SMARTS) is 1. The minimum Gasteiger partial charge on any atom is -0.550 e. The van der Waals surface area contributed by atoms with Crippen molar-refractivity contribution in [1.82, 2.24) is 10.2 Å². The molecule has 0 aromatic carbocycles. The number of aliphatic carboxylic acids is 1. The molecular weight excluding hydrogens is 191 g/mol. The Hall–Kier alpha value is -0.160. The summed E-state index contributed by atoms with van der Waals surface area (Å²) in [6.07, 6.45) is -0.232. The van der Waals surface area contributed by atoms with Gasteiger partial charge in [-0.25, -0.2) is 0 Å². The topological polar surface area (TPSA) is 65.9 Å². The third-order valence-electron chi connectivity index (χ3n) is 1.01. The molecule has 1 rings (SSSR count). The number of aromatic nitrogens is 2. The summed E-state index contributed by atoms with van der Waals surface area (Å²) in [5.41, 5.74) is 0.342. The van der Waals surface area contributed by atoms with E-state index in [0.717, 1.165) is 0 Å². The Balaban J connectivity index is 0.00000121. The molecule has 0 fully saturated rings. The van der Waals surface area contributed by atoms with Gasteiger partial charge in [-0.1, -0.05) is 11.6 Å². The Morgan fingerprint density at radius 2 is 2.17 bits per heavy atom. The minimum absolute atomic E-state index is 0. The molecule has 0 aliphatic rings. The van der Waals surface area contributed by atoms with Crippen LogP contribution in [0, 0.1) is 0 Å². The monoisotopic (exact) mass is 194 g/mol. The van der Waals surface area contributed by atoms with Crippen LogP contribution in [0.25, 0.3) is 0 Å². The Morgan fingerprint density at radius 1 is 1.50 bits per heavy atom. The zero-order valence-corrected chi connectivity index (χ0v) is 9.21. The molecule has 0 saturated heterocycles. The second-order valence-electron chi connectivity index (χ2n) is 1.90. The number of hydrogen-bond donors (Lipinski definition) is 0. The van der Waals surface area contributed by atoms with Gasteiger partial charge in [-0.3, -0.25) is 0 Å². The van der Waals surface area contributed by atoms with Gasteiger partial charge in [-0.05, 0) is 12.1 Å². The fourth-order valence-corrected chi connectivity index (χ4v) is 0.687. The van der Waals surface area contributed by atoms with Gasteiger partial charge in [0, 0.05) is 12.4 Å². The summed E-state index contributed by atoms with van der Waals surface area (Å²) < 4.78 is 0. The molecule has 1 aromatic rings. The van der Waals surface area contributed by atoms with Crippen LogP contribution in [0.1, 0.15) is 5.69 Å². The Morgan fingerprint density at radius 3 is 2.58 bits per heavy atom. The Bertz CT molecular complexity index is 265. The first-order valence-electron chi connectivity index (χ1n) is 2.86. The zero-order chi connectivity index (χ0) is 8.27. The summed E-state index contributed by atoms with van der Waals surface area (Å²) in [6, 6.07) is 2.97. The van der Waals surface area contributed by atoms with E-state index in [4.69, 9.17) is 11.6 Å². The van der Waals surface area contributed by atoms with Crippen LogP contribution in [0.3, 0.4) is 0 Å². The van der Waals surface area contributed by atoms with Crippen molar-refractivity contribution in [2.45, 2.75) is 6.42 Å². The maximum absolute atomic E-state index is 10.0. The van der Waals surface area contributed by atoms with Crippen LogP contribution >= 0.6 is 11.6 Å². The first-order valence-corrected chi connectivity index (χ1v) is 3.24. The van der Waals surface area contributed by atoms with Crippen molar-refractivity contribution < 1.29 is 39.5 Å². The number of hydrogen-bond acceptors (Lipinski definition) is 4. The number of rotatable bonds is 2. The van der Waals surface area contributed by atoms with E-state index in [-0.39, 0.29) is 41.1 Å². The maximum atomic E-state index is 10.0. The van der Waals surface area contributed by atoms with Crippen LogP contribution in [0.2, 0.25) is 5.15 Å². The van der Waals surface area contributed by atoms with Gasteiger partial charge in [0.05, 0.1) is 5.69 Å². The van der Waals surface area contributed by atoms with E-state index in [9.17, 15) is 9.90 Å². The third-order valence-corrected chi connectivity index (χ3v) is 1.21. The summed E-state index contributed by atoms with van der Waals surface area (Å²) in [6.45, 7) is 0. The first-order chi connectivity index (χ1) is 5.18. The number of carbonyl (C=O) groups excluding carboxylic acids is 1. The van der Waals surface area contributed by atoms with Crippen molar-refractivity contribution in [1.29, 1.82) is 0 Å². The van der Waals surface area contributed by atoms with Gasteiger partial charge in [0.2, 0.25) is 0 Å². The number of nitrogens with zero attached hydrogens (tertiary/aromatic N) is 2. The van der Waals surface area contributed by atoms with Gasteiger partial charge in [0.25, 0.3) is 0 Å². The fraction of sp³-hybridized carbons (Fsp3) is 0.167. The summed E-state index contributed by atoms with van der Waals surface area (Å²) >= 11 is 5.41. The van der Waals surface area contributed by atoms with Crippen LogP contribution in [0.5, 0.6) is 0 Å². The second kappa shape index (κ2) is 5.48. The minimum atomic E-state index is -1.18. The van der Waals surface area contributed by atoms with E-state index in [2.05, 4.69) is 10.2 Å². The number of halogens is 1. The molecule has 58 valence electrons. The van der Waals surface area contributed by atoms with Gasteiger partial charge in [0.1, 0.15) is 0 Å². The molecular formula is C6H4ClN2NaO2. The van der Waals surface area contributed by atoms with Gasteiger partial charge in [0.15, 0.2) is 5.15 Å². The van der Waals surface area contributed by atoms with Crippen LogP contribution in [-0.2, 0) is 11.2 Å². The van der Waals surface area contributed by atoms with Crippen LogP contribution in [-0.4, -0.2) is 16.2 Å². The summed E-state index contributed by atoms with van der Waals surface area (Å²) in [5.74, 6) is -1.18. The SMILES string of the molecule is O=C([O-])Cc1ccc(Cl)nn1.[Na+]. The smallest absolute Gasteiger partial charge is 0.550 e. The standard InChI is InChI=1S/C6H5ClN2O2.Na/c7-5-2-1-4(8-9-5)3-6(10)11;/h1-2H,3H2,(H,10,11);/q;+1/p-1. The second-order valence-corrected chi connectivity index (χ2v) is 2.28. The van der Waals surface area contributed by atoms with Crippen LogP contribution in [0.15, 0.2) is 12.1 Å². The average molecular weight is 195 g/mol. The van der Waals surface area contributed by atoms with E-state index in [1.807, 2.05) is 0 Å². The maximum Gasteiger partial charge on any atom is 1.00 e. The Kier molecular flexibility index (Phi) is 5.41. The zero-order valence-electron chi connectivity index (χ0n) is 6.45. The predicted octanol–water partition coefficient (Wildman–Crippen LogP) is -3.57. The van der Waals surface area contributed by atoms with Gasteiger partial charge >= 0.3 is 29.6 Å². The van der Waals surface area contributed by atoms with E-state index >= 15 is 0 Å². The molecule has 12 heavy (non-hydrogen) atoms. The molecule has 0 radical (unpaired) electrons. The summed E-state index contributed by atoms with van der Waals surface area (Å²) in [4.78, 5) is 10.0. The largest absolute Gasteiger partial charge is 1.00 e. The van der Waals surface area contributed by atoms with Gasteiger partial charge in [-0.2, -0.15) is 5.10 Å². The number of carbonyl (C=O) groups is 1. The molecule has 0 atom stereocenters. The molecule has 0 N–H and O–H groups in total. The van der Waals surface area contributed by atoms with Crippen molar-refractivity contribution >= 4 is 17.6 Å². The van der Waals surface area contributed by atoms with Gasteiger partial charge < -0.3 is 9.90 Å². The number of carboxylic acids is 1. The average Bonchev–Trinajstić information content (AvgIpc) is 1.93. The van der Waals surface area contributed by atoms with Crippen molar-refractivity contribution in [2.75, 3.05) is 0 Å². The normalized spacial score (nSPS) is 8.75. The predicted molar refractivity (Wildman–Crippen MR) is 35.8 cm³/mol. The fourth-order valence-electron chi connectivity index (χ4n) is 0.586. The molecule has 6 heteroatoms. The molecule has 0 aliphatic heterocycles. The third kappa shape index (κ3) is 4.01. The molecule has 0 aliphatic carbocycles. The van der Waals surface area contributed by atoms with E-state index < -0.39 is 5.97 Å². The van der Waals surface area contributed by atoms with Crippen LogP contribution in [0.4, 0.5) is 0 Å². The molecule has 4 nitrogen and oxygen atoms in total. The first kappa shape index (κ1) is 11.8. The molecule has 1 heterocycles. The molecule has 1 aromatic heterocycles. The van der Waals surface area contributed by atoms with E-state index in [0.29, 0.717) is 5.69 Å². The molecule has 0 saturated carbocycles. The Labute approximate surface area is 96.2 Å². The summed E-state index contributed by atoms with van der Waals surface area (Å²) in [5, 5.41) is 17.3. The summed E-state index contributed by atoms with van der Waals surface area (Å²) in [7, 11) is 0. The van der Waals surface area contributed by atoms with Crippen molar-refractivity contribution in [3.63, 3.8) is 0 Å². The van der Waals surface area contributed by atoms with E-state index in [1.165, 1.54) is 12.1 Å². The molecule has 0 unspecified atom stereocenters. The van der Waals surface area contributed by atoms with Crippen molar-refractivity contribution in [3.05, 3.63) is 23.0 Å². The van der Waals surface area contributed by atoms with Crippen molar-refractivity contribution in [2.24, 2.45) is 0 Å². The van der Waals surface area contributed by atoms with Crippen LogP contribution < -0.4 is 34.7 Å². The van der Waals surface area contributed by atoms with Gasteiger partial charge in [-0.15, -0.1) is 5.10 Å². The van der Waals surface area contributed by atoms with E-state index in [1.54, 1.807) is 0 Å². The molecule has 0 amide bonds. The quantitative estimate of drug-likeness (QED) is 0.457. The molecule has 0 spiro atoms. The molecule has 0 bridgehead atoms. The van der Waals surface area contributed by atoms with Crippen molar-refractivity contribution in [3.8, 4) is 0 Å².